The Morgan fingerprint density at radius 2 is 2.12 bits per heavy atom. The van der Waals surface area contributed by atoms with Gasteiger partial charge in [-0.3, -0.25) is 4.90 Å². The van der Waals surface area contributed by atoms with Gasteiger partial charge in [0.1, 0.15) is 0 Å². The van der Waals surface area contributed by atoms with Gasteiger partial charge in [0.15, 0.2) is 0 Å². The fourth-order valence-electron chi connectivity index (χ4n) is 2.57. The highest BCUT2D eigenvalue weighted by Crippen LogP contribution is 2.20. The molecule has 17 heavy (non-hydrogen) atoms. The zero-order valence-electron chi connectivity index (χ0n) is 11.1. The second-order valence-electron chi connectivity index (χ2n) is 5.11. The van der Waals surface area contributed by atoms with E-state index in [4.69, 9.17) is 0 Å². The molecule has 2 nitrogen and oxygen atoms in total. The van der Waals surface area contributed by atoms with Crippen LogP contribution in [0.3, 0.4) is 0 Å². The molecule has 0 spiro atoms. The van der Waals surface area contributed by atoms with Crippen LogP contribution in [0.15, 0.2) is 18.2 Å². The van der Waals surface area contributed by atoms with Gasteiger partial charge >= 0.3 is 0 Å². The lowest BCUT2D eigenvalue weighted by molar-refractivity contribution is 0.249. The van der Waals surface area contributed by atoms with Crippen molar-refractivity contribution < 1.29 is 0 Å². The predicted molar refractivity (Wildman–Crippen MR) is 73.3 cm³/mol. The monoisotopic (exact) mass is 232 g/mol. The maximum absolute atomic E-state index is 3.21. The maximum atomic E-state index is 3.21. The van der Waals surface area contributed by atoms with Gasteiger partial charge in [-0.25, -0.2) is 0 Å². The molecule has 1 aliphatic heterocycles. The fourth-order valence-corrected chi connectivity index (χ4v) is 2.57. The van der Waals surface area contributed by atoms with Crippen LogP contribution in [0.25, 0.3) is 0 Å². The van der Waals surface area contributed by atoms with Crippen LogP contribution in [-0.4, -0.2) is 31.6 Å². The summed E-state index contributed by atoms with van der Waals surface area (Å²) in [5, 5.41) is 3.21. The van der Waals surface area contributed by atoms with Crippen LogP contribution in [0.5, 0.6) is 0 Å². The van der Waals surface area contributed by atoms with E-state index < -0.39 is 0 Å². The third kappa shape index (κ3) is 3.55. The van der Waals surface area contributed by atoms with Crippen LogP contribution in [0, 0.1) is 6.92 Å². The van der Waals surface area contributed by atoms with E-state index in [1.807, 2.05) is 7.05 Å². The Bertz CT molecular complexity index is 360. The van der Waals surface area contributed by atoms with Crippen LogP contribution in [0.1, 0.15) is 29.5 Å². The van der Waals surface area contributed by atoms with Crippen molar-refractivity contribution in [3.8, 4) is 0 Å². The fraction of sp³-hybridized carbons (Fsp3) is 0.600. The van der Waals surface area contributed by atoms with Crippen molar-refractivity contribution in [3.63, 3.8) is 0 Å². The Morgan fingerprint density at radius 1 is 1.24 bits per heavy atom. The molecule has 0 unspecified atom stereocenters. The SMILES string of the molecule is CNCCCCN1CCc2cc(C)ccc2C1. The molecule has 1 aromatic carbocycles. The predicted octanol–water partition coefficient (Wildman–Crippen LogP) is 2.35. The van der Waals surface area contributed by atoms with Crippen molar-refractivity contribution in [3.05, 3.63) is 34.9 Å². The van der Waals surface area contributed by atoms with Crippen molar-refractivity contribution in [2.24, 2.45) is 0 Å². The van der Waals surface area contributed by atoms with Gasteiger partial charge in [-0.1, -0.05) is 23.8 Å². The lowest BCUT2D eigenvalue weighted by Gasteiger charge is -2.29. The largest absolute Gasteiger partial charge is 0.320 e. The van der Waals surface area contributed by atoms with E-state index in [1.54, 1.807) is 5.56 Å². The highest BCUT2D eigenvalue weighted by molar-refractivity contribution is 5.33. The zero-order chi connectivity index (χ0) is 12.1. The topological polar surface area (TPSA) is 15.3 Å². The van der Waals surface area contributed by atoms with Gasteiger partial charge in [0.2, 0.25) is 0 Å². The molecule has 0 saturated heterocycles. The van der Waals surface area contributed by atoms with Crippen molar-refractivity contribution in [2.45, 2.75) is 32.7 Å². The first-order valence-corrected chi connectivity index (χ1v) is 6.75. The number of nitrogens with zero attached hydrogens (tertiary/aromatic N) is 1. The molecule has 0 saturated carbocycles. The average molecular weight is 232 g/mol. The number of rotatable bonds is 5. The van der Waals surface area contributed by atoms with Crippen LogP contribution in [0.4, 0.5) is 0 Å². The Morgan fingerprint density at radius 3 is 2.94 bits per heavy atom. The smallest absolute Gasteiger partial charge is 0.0236 e. The van der Waals surface area contributed by atoms with Crippen LogP contribution < -0.4 is 5.32 Å². The first-order valence-electron chi connectivity index (χ1n) is 6.75. The lowest BCUT2D eigenvalue weighted by Crippen LogP contribution is -2.31. The van der Waals surface area contributed by atoms with Crippen molar-refractivity contribution in [2.75, 3.05) is 26.7 Å². The van der Waals surface area contributed by atoms with Crippen molar-refractivity contribution in [1.29, 1.82) is 0 Å². The number of unbranched alkanes of at least 4 members (excludes halogenated alkanes) is 1. The highest BCUT2D eigenvalue weighted by atomic mass is 15.1. The number of fused-ring (bicyclic) bond motifs is 1. The van der Waals surface area contributed by atoms with E-state index in [2.05, 4.69) is 35.3 Å². The molecule has 0 amide bonds. The van der Waals surface area contributed by atoms with Crippen molar-refractivity contribution in [1.82, 2.24) is 10.2 Å². The van der Waals surface area contributed by atoms with Gasteiger partial charge in [-0.05, 0) is 57.5 Å². The molecule has 1 aromatic rings. The van der Waals surface area contributed by atoms with Crippen molar-refractivity contribution >= 4 is 0 Å². The molecule has 0 radical (unpaired) electrons. The minimum Gasteiger partial charge on any atom is -0.320 e. The van der Waals surface area contributed by atoms with Crippen LogP contribution in [0.2, 0.25) is 0 Å². The summed E-state index contributed by atoms with van der Waals surface area (Å²) in [5.74, 6) is 0. The first-order chi connectivity index (χ1) is 8.29. The second kappa shape index (κ2) is 6.18. The maximum Gasteiger partial charge on any atom is 0.0236 e. The molecule has 0 aliphatic carbocycles. The quantitative estimate of drug-likeness (QED) is 0.784. The summed E-state index contributed by atoms with van der Waals surface area (Å²) in [6.07, 6.45) is 3.82. The Hall–Kier alpha value is -0.860. The third-order valence-electron chi connectivity index (χ3n) is 3.60. The molecule has 1 heterocycles. The number of benzene rings is 1. The minimum absolute atomic E-state index is 1.14. The summed E-state index contributed by atoms with van der Waals surface area (Å²) in [6, 6.07) is 6.90. The molecule has 0 atom stereocenters. The van der Waals surface area contributed by atoms with Gasteiger partial charge in [-0.2, -0.15) is 0 Å². The summed E-state index contributed by atoms with van der Waals surface area (Å²) >= 11 is 0. The lowest BCUT2D eigenvalue weighted by atomic mass is 9.97. The van der Waals surface area contributed by atoms with Gasteiger partial charge in [0, 0.05) is 13.1 Å². The van der Waals surface area contributed by atoms with Gasteiger partial charge < -0.3 is 5.32 Å². The van der Waals surface area contributed by atoms with Crippen LogP contribution in [-0.2, 0) is 13.0 Å². The summed E-state index contributed by atoms with van der Waals surface area (Å²) < 4.78 is 0. The number of nitrogens with one attached hydrogen (secondary N) is 1. The summed E-state index contributed by atoms with van der Waals surface area (Å²) in [5.41, 5.74) is 4.50. The molecule has 0 aromatic heterocycles. The van der Waals surface area contributed by atoms with E-state index in [0.717, 1.165) is 13.1 Å². The molecule has 1 aliphatic rings. The Balaban J connectivity index is 1.84. The third-order valence-corrected chi connectivity index (χ3v) is 3.60. The van der Waals surface area contributed by atoms with E-state index in [0.29, 0.717) is 0 Å². The average Bonchev–Trinajstić information content (AvgIpc) is 2.35. The van der Waals surface area contributed by atoms with E-state index in [1.165, 1.54) is 43.5 Å². The molecule has 2 heteroatoms. The van der Waals surface area contributed by atoms with Crippen LogP contribution >= 0.6 is 0 Å². The molecule has 1 N–H and O–H groups in total. The minimum atomic E-state index is 1.14. The summed E-state index contributed by atoms with van der Waals surface area (Å²) in [7, 11) is 2.03. The first kappa shape index (κ1) is 12.6. The van der Waals surface area contributed by atoms with Gasteiger partial charge in [0.25, 0.3) is 0 Å². The normalized spacial score (nSPS) is 15.9. The molecule has 2 rings (SSSR count). The number of hydrogen-bond donors (Lipinski definition) is 1. The molecule has 0 fully saturated rings. The molecule has 0 bridgehead atoms. The van der Waals surface area contributed by atoms with E-state index in [-0.39, 0.29) is 0 Å². The van der Waals surface area contributed by atoms with E-state index in [9.17, 15) is 0 Å². The highest BCUT2D eigenvalue weighted by Gasteiger charge is 2.15. The van der Waals surface area contributed by atoms with E-state index >= 15 is 0 Å². The zero-order valence-corrected chi connectivity index (χ0v) is 11.1. The second-order valence-corrected chi connectivity index (χ2v) is 5.11. The Labute approximate surface area is 105 Å². The van der Waals surface area contributed by atoms with Gasteiger partial charge in [0.05, 0.1) is 0 Å². The number of hydrogen-bond acceptors (Lipinski definition) is 2. The Kier molecular flexibility index (Phi) is 4.57. The summed E-state index contributed by atoms with van der Waals surface area (Å²) in [4.78, 5) is 2.59. The molecular formula is C15H24N2. The standard InChI is InChI=1S/C15H24N2/c1-13-5-6-15-12-17(9-4-3-8-16-2)10-7-14(15)11-13/h5-6,11,16H,3-4,7-10,12H2,1-2H3. The molecule has 94 valence electrons. The summed E-state index contributed by atoms with van der Waals surface area (Å²) in [6.45, 7) is 6.95. The molecular weight excluding hydrogens is 208 g/mol. The number of aryl methyl sites for hydroxylation is 1. The van der Waals surface area contributed by atoms with Gasteiger partial charge in [-0.15, -0.1) is 0 Å².